The number of carbonyl (C=O) groups excluding carboxylic acids is 1. The highest BCUT2D eigenvalue weighted by atomic mass is 32.1. The van der Waals surface area contributed by atoms with E-state index in [1.807, 2.05) is 31.4 Å². The van der Waals surface area contributed by atoms with Gasteiger partial charge in [0.25, 0.3) is 5.91 Å². The minimum absolute atomic E-state index is 0.0731. The van der Waals surface area contributed by atoms with E-state index in [1.54, 1.807) is 11.3 Å². The molecule has 0 aliphatic carbocycles. The Hall–Kier alpha value is -1.66. The summed E-state index contributed by atoms with van der Waals surface area (Å²) in [6.07, 6.45) is 0. The van der Waals surface area contributed by atoms with Crippen molar-refractivity contribution in [3.05, 3.63) is 33.8 Å². The maximum Gasteiger partial charge on any atom is 0.265 e. The van der Waals surface area contributed by atoms with Gasteiger partial charge in [-0.05, 0) is 31.4 Å². The zero-order valence-electron chi connectivity index (χ0n) is 9.90. The van der Waals surface area contributed by atoms with E-state index in [-0.39, 0.29) is 5.91 Å². The van der Waals surface area contributed by atoms with E-state index in [2.05, 4.69) is 15.5 Å². The quantitative estimate of drug-likeness (QED) is 0.752. The molecule has 0 saturated carbocycles. The largest absolute Gasteiger partial charge is 0.318 e. The lowest BCUT2D eigenvalue weighted by Crippen LogP contribution is -2.11. The van der Waals surface area contributed by atoms with Gasteiger partial charge in [-0.25, -0.2) is 0 Å². The van der Waals surface area contributed by atoms with Crippen molar-refractivity contribution in [2.75, 3.05) is 5.32 Å². The number of fused-ring (bicyclic) bond motifs is 1. The molecule has 0 spiro atoms. The predicted octanol–water partition coefficient (Wildman–Crippen LogP) is 3.56. The SMILES string of the molecule is Cc1n[nH]c(C)c1NC(=O)c1cc2sccc2s1. The zero-order valence-corrected chi connectivity index (χ0v) is 11.5. The lowest BCUT2D eigenvalue weighted by molar-refractivity contribution is 0.103. The van der Waals surface area contributed by atoms with Crippen LogP contribution in [0.1, 0.15) is 21.1 Å². The third-order valence-corrected chi connectivity index (χ3v) is 4.82. The van der Waals surface area contributed by atoms with Crippen LogP contribution in [0.15, 0.2) is 17.5 Å². The number of thiophene rings is 2. The summed E-state index contributed by atoms with van der Waals surface area (Å²) >= 11 is 3.17. The second-order valence-electron chi connectivity index (χ2n) is 4.02. The first-order valence-electron chi connectivity index (χ1n) is 5.45. The van der Waals surface area contributed by atoms with Gasteiger partial charge in [0.05, 0.1) is 22.0 Å². The van der Waals surface area contributed by atoms with Gasteiger partial charge in [-0.15, -0.1) is 22.7 Å². The first-order valence-corrected chi connectivity index (χ1v) is 7.14. The molecule has 0 aromatic carbocycles. The van der Waals surface area contributed by atoms with Crippen LogP contribution >= 0.6 is 22.7 Å². The second-order valence-corrected chi connectivity index (χ2v) is 6.05. The smallest absolute Gasteiger partial charge is 0.265 e. The molecule has 0 atom stereocenters. The zero-order chi connectivity index (χ0) is 12.7. The number of aromatic nitrogens is 2. The van der Waals surface area contributed by atoms with Crippen LogP contribution in [0.5, 0.6) is 0 Å². The van der Waals surface area contributed by atoms with Crippen LogP contribution in [0.4, 0.5) is 5.69 Å². The Morgan fingerprint density at radius 1 is 1.39 bits per heavy atom. The molecule has 3 heterocycles. The van der Waals surface area contributed by atoms with Crippen molar-refractivity contribution < 1.29 is 4.79 Å². The molecule has 2 N–H and O–H groups in total. The molecule has 18 heavy (non-hydrogen) atoms. The second kappa shape index (κ2) is 4.22. The lowest BCUT2D eigenvalue weighted by atomic mass is 10.3. The average molecular weight is 277 g/mol. The van der Waals surface area contributed by atoms with Crippen LogP contribution in [-0.2, 0) is 0 Å². The Labute approximate surface area is 112 Å². The van der Waals surface area contributed by atoms with Crippen LogP contribution in [-0.4, -0.2) is 16.1 Å². The van der Waals surface area contributed by atoms with Gasteiger partial charge in [-0.2, -0.15) is 5.10 Å². The number of hydrogen-bond donors (Lipinski definition) is 2. The number of anilines is 1. The fraction of sp³-hybridized carbons (Fsp3) is 0.167. The minimum atomic E-state index is -0.0731. The molecule has 3 aromatic heterocycles. The van der Waals surface area contributed by atoms with E-state index in [1.165, 1.54) is 11.3 Å². The van der Waals surface area contributed by atoms with E-state index in [0.717, 1.165) is 31.4 Å². The third kappa shape index (κ3) is 1.83. The molecule has 0 unspecified atom stereocenters. The predicted molar refractivity (Wildman–Crippen MR) is 75.7 cm³/mol. The summed E-state index contributed by atoms with van der Waals surface area (Å²) in [5, 5.41) is 11.9. The van der Waals surface area contributed by atoms with Crippen LogP contribution in [0.3, 0.4) is 0 Å². The molecule has 0 saturated heterocycles. The number of nitrogens with one attached hydrogen (secondary N) is 2. The molecule has 3 aromatic rings. The number of rotatable bonds is 2. The Bertz CT molecular complexity index is 675. The minimum Gasteiger partial charge on any atom is -0.318 e. The summed E-state index contributed by atoms with van der Waals surface area (Å²) in [5.74, 6) is -0.0731. The Kier molecular flexibility index (Phi) is 2.68. The Morgan fingerprint density at radius 2 is 2.22 bits per heavy atom. The summed E-state index contributed by atoms with van der Waals surface area (Å²) in [6, 6.07) is 3.97. The fourth-order valence-electron chi connectivity index (χ4n) is 1.79. The van der Waals surface area contributed by atoms with Crippen LogP contribution in [0.25, 0.3) is 9.40 Å². The fourth-order valence-corrected chi connectivity index (χ4v) is 3.79. The molecule has 3 rings (SSSR count). The van der Waals surface area contributed by atoms with Gasteiger partial charge in [-0.3, -0.25) is 9.89 Å². The number of aromatic amines is 1. The van der Waals surface area contributed by atoms with Crippen molar-refractivity contribution >= 4 is 43.7 Å². The van der Waals surface area contributed by atoms with Crippen molar-refractivity contribution in [3.63, 3.8) is 0 Å². The van der Waals surface area contributed by atoms with Crippen molar-refractivity contribution in [1.82, 2.24) is 10.2 Å². The number of nitrogens with zero attached hydrogens (tertiary/aromatic N) is 1. The van der Waals surface area contributed by atoms with Crippen molar-refractivity contribution in [1.29, 1.82) is 0 Å². The Balaban J connectivity index is 1.89. The topological polar surface area (TPSA) is 57.8 Å². The molecule has 0 aliphatic rings. The van der Waals surface area contributed by atoms with Gasteiger partial charge in [-0.1, -0.05) is 0 Å². The summed E-state index contributed by atoms with van der Waals surface area (Å²) in [4.78, 5) is 12.9. The molecule has 1 amide bonds. The maximum atomic E-state index is 12.1. The van der Waals surface area contributed by atoms with Gasteiger partial charge >= 0.3 is 0 Å². The van der Waals surface area contributed by atoms with E-state index in [4.69, 9.17) is 0 Å². The number of carbonyl (C=O) groups is 1. The molecule has 0 radical (unpaired) electrons. The van der Waals surface area contributed by atoms with E-state index >= 15 is 0 Å². The van der Waals surface area contributed by atoms with Gasteiger partial charge in [0.2, 0.25) is 0 Å². The van der Waals surface area contributed by atoms with Gasteiger partial charge in [0.15, 0.2) is 0 Å². The number of aryl methyl sites for hydroxylation is 2. The molecule has 0 aliphatic heterocycles. The first-order chi connectivity index (χ1) is 8.65. The van der Waals surface area contributed by atoms with Crippen molar-refractivity contribution in [2.45, 2.75) is 13.8 Å². The normalized spacial score (nSPS) is 11.0. The molecular weight excluding hydrogens is 266 g/mol. The number of H-pyrrole nitrogens is 1. The highest BCUT2D eigenvalue weighted by molar-refractivity contribution is 7.27. The third-order valence-electron chi connectivity index (χ3n) is 2.73. The standard InChI is InChI=1S/C12H11N3OS2/c1-6-11(7(2)15-14-6)13-12(16)10-5-9-8(18-10)3-4-17-9/h3-5H,1-2H3,(H,13,16)(H,14,15). The maximum absolute atomic E-state index is 12.1. The summed E-state index contributed by atoms with van der Waals surface area (Å²) in [7, 11) is 0. The number of hydrogen-bond acceptors (Lipinski definition) is 4. The van der Waals surface area contributed by atoms with Crippen LogP contribution in [0.2, 0.25) is 0 Å². The van der Waals surface area contributed by atoms with E-state index in [9.17, 15) is 4.79 Å². The number of amides is 1. The highest BCUT2D eigenvalue weighted by Gasteiger charge is 2.14. The average Bonchev–Trinajstić information content (AvgIpc) is 2.98. The van der Waals surface area contributed by atoms with Gasteiger partial charge in [0.1, 0.15) is 0 Å². The molecule has 4 nitrogen and oxygen atoms in total. The van der Waals surface area contributed by atoms with Crippen LogP contribution < -0.4 is 5.32 Å². The molecule has 6 heteroatoms. The van der Waals surface area contributed by atoms with Gasteiger partial charge < -0.3 is 5.32 Å². The van der Waals surface area contributed by atoms with Gasteiger partial charge in [0, 0.05) is 9.40 Å². The summed E-state index contributed by atoms with van der Waals surface area (Å²) < 4.78 is 2.32. The molecule has 0 bridgehead atoms. The van der Waals surface area contributed by atoms with Crippen molar-refractivity contribution in [3.8, 4) is 0 Å². The van der Waals surface area contributed by atoms with E-state index < -0.39 is 0 Å². The Morgan fingerprint density at radius 3 is 2.89 bits per heavy atom. The van der Waals surface area contributed by atoms with E-state index in [0.29, 0.717) is 0 Å². The highest BCUT2D eigenvalue weighted by Crippen LogP contribution is 2.30. The lowest BCUT2D eigenvalue weighted by Gasteiger charge is -2.02. The monoisotopic (exact) mass is 277 g/mol. The van der Waals surface area contributed by atoms with Crippen LogP contribution in [0, 0.1) is 13.8 Å². The first kappa shape index (κ1) is 11.4. The summed E-state index contributed by atoms with van der Waals surface area (Å²) in [6.45, 7) is 3.76. The molecular formula is C12H11N3OS2. The summed E-state index contributed by atoms with van der Waals surface area (Å²) in [5.41, 5.74) is 2.45. The molecule has 0 fully saturated rings. The molecule has 92 valence electrons. The van der Waals surface area contributed by atoms with Crippen molar-refractivity contribution in [2.24, 2.45) is 0 Å².